The number of anilines is 1. The molecule has 1 atom stereocenters. The van der Waals surface area contributed by atoms with E-state index in [9.17, 15) is 21.6 Å². The molecule has 28 heavy (non-hydrogen) atoms. The zero-order valence-electron chi connectivity index (χ0n) is 15.0. The first-order chi connectivity index (χ1) is 13.0. The molecule has 0 radical (unpaired) electrons. The van der Waals surface area contributed by atoms with Crippen molar-refractivity contribution >= 4 is 31.7 Å². The van der Waals surface area contributed by atoms with Crippen LogP contribution in [0.15, 0.2) is 35.4 Å². The molecule has 1 aliphatic carbocycles. The third kappa shape index (κ3) is 4.69. The lowest BCUT2D eigenvalue weighted by atomic mass is 9.94. The van der Waals surface area contributed by atoms with E-state index in [1.54, 1.807) is 0 Å². The Morgan fingerprint density at radius 1 is 1.32 bits per heavy atom. The van der Waals surface area contributed by atoms with E-state index in [2.05, 4.69) is 14.5 Å². The largest absolute Gasteiger partial charge is 0.480 e. The summed E-state index contributed by atoms with van der Waals surface area (Å²) in [6.07, 6.45) is 4.32. The Hall–Kier alpha value is -2.44. The van der Waals surface area contributed by atoms with Crippen molar-refractivity contribution in [3.05, 3.63) is 41.7 Å². The van der Waals surface area contributed by atoms with Crippen molar-refractivity contribution in [1.82, 2.24) is 14.5 Å². The van der Waals surface area contributed by atoms with Crippen LogP contribution in [0.5, 0.6) is 0 Å². The average Bonchev–Trinajstić information content (AvgIpc) is 2.97. The molecule has 12 heteroatoms. The van der Waals surface area contributed by atoms with Crippen LogP contribution < -0.4 is 9.44 Å². The molecule has 2 aromatic rings. The van der Waals surface area contributed by atoms with Crippen molar-refractivity contribution in [2.24, 2.45) is 0 Å². The number of carbonyl (C=O) groups is 1. The van der Waals surface area contributed by atoms with Crippen LogP contribution in [0.25, 0.3) is 0 Å². The Morgan fingerprint density at radius 2 is 2.07 bits per heavy atom. The van der Waals surface area contributed by atoms with Crippen LogP contribution in [0.4, 0.5) is 5.69 Å². The van der Waals surface area contributed by atoms with Gasteiger partial charge in [0.1, 0.15) is 6.54 Å². The van der Waals surface area contributed by atoms with E-state index in [0.29, 0.717) is 30.5 Å². The summed E-state index contributed by atoms with van der Waals surface area (Å²) < 4.78 is 54.6. The summed E-state index contributed by atoms with van der Waals surface area (Å²) in [5, 5.41) is 13.0. The van der Waals surface area contributed by atoms with Crippen molar-refractivity contribution in [2.75, 3.05) is 11.0 Å². The molecule has 0 amide bonds. The lowest BCUT2D eigenvalue weighted by molar-refractivity contribution is -0.137. The lowest BCUT2D eigenvalue weighted by Crippen LogP contribution is -2.31. The summed E-state index contributed by atoms with van der Waals surface area (Å²) in [5.41, 5.74) is 1.50. The van der Waals surface area contributed by atoms with Crippen LogP contribution in [0.2, 0.25) is 0 Å². The molecule has 1 aliphatic rings. The van der Waals surface area contributed by atoms with Crippen molar-refractivity contribution in [3.8, 4) is 0 Å². The smallest absolute Gasteiger partial charge is 0.325 e. The number of aliphatic carboxylic acids is 1. The number of carboxylic acid groups (broad SMARTS) is 1. The summed E-state index contributed by atoms with van der Waals surface area (Å²) in [4.78, 5) is 10.9. The minimum Gasteiger partial charge on any atom is -0.480 e. The van der Waals surface area contributed by atoms with Gasteiger partial charge in [0.15, 0.2) is 0 Å². The zero-order valence-corrected chi connectivity index (χ0v) is 16.6. The molecule has 1 unspecified atom stereocenters. The molecule has 10 nitrogen and oxygen atoms in total. The highest BCUT2D eigenvalue weighted by Gasteiger charge is 2.29. The second-order valence-electron chi connectivity index (χ2n) is 6.57. The first-order valence-corrected chi connectivity index (χ1v) is 11.8. The molecule has 3 N–H and O–H groups in total. The van der Waals surface area contributed by atoms with Gasteiger partial charge >= 0.3 is 5.97 Å². The van der Waals surface area contributed by atoms with Gasteiger partial charge in [-0.2, -0.15) is 5.10 Å². The minimum absolute atomic E-state index is 0.0776. The van der Waals surface area contributed by atoms with Crippen LogP contribution >= 0.6 is 0 Å². The lowest BCUT2D eigenvalue weighted by Gasteiger charge is -2.24. The second-order valence-corrected chi connectivity index (χ2v) is 10.0. The van der Waals surface area contributed by atoms with E-state index in [0.717, 1.165) is 6.26 Å². The number of fused-ring (bicyclic) bond motifs is 1. The van der Waals surface area contributed by atoms with Gasteiger partial charge in [0.05, 0.1) is 23.4 Å². The monoisotopic (exact) mass is 428 g/mol. The number of benzene rings is 1. The number of sulfonamides is 2. The molecule has 3 rings (SSSR count). The highest BCUT2D eigenvalue weighted by Crippen LogP contribution is 2.31. The first kappa shape index (κ1) is 20.3. The fourth-order valence-electron chi connectivity index (χ4n) is 3.20. The van der Waals surface area contributed by atoms with Gasteiger partial charge in [-0.1, -0.05) is 6.07 Å². The number of nitrogens with zero attached hydrogens (tertiary/aromatic N) is 2. The van der Waals surface area contributed by atoms with Crippen molar-refractivity contribution in [2.45, 2.75) is 36.7 Å². The van der Waals surface area contributed by atoms with Gasteiger partial charge in [0.2, 0.25) is 20.0 Å². The van der Waals surface area contributed by atoms with E-state index in [1.807, 2.05) is 0 Å². The van der Waals surface area contributed by atoms with Gasteiger partial charge in [-0.05, 0) is 37.5 Å². The van der Waals surface area contributed by atoms with Crippen LogP contribution in [-0.4, -0.2) is 43.9 Å². The van der Waals surface area contributed by atoms with Crippen molar-refractivity contribution < 1.29 is 26.7 Å². The maximum absolute atomic E-state index is 12.8. The van der Waals surface area contributed by atoms with E-state index in [1.165, 1.54) is 35.1 Å². The van der Waals surface area contributed by atoms with Crippen LogP contribution in [-0.2, 0) is 37.8 Å². The van der Waals surface area contributed by atoms with E-state index in [-0.39, 0.29) is 17.1 Å². The number of aromatic nitrogens is 2. The summed E-state index contributed by atoms with van der Waals surface area (Å²) >= 11 is 0. The van der Waals surface area contributed by atoms with Gasteiger partial charge in [-0.3, -0.25) is 14.2 Å². The second kappa shape index (κ2) is 7.53. The van der Waals surface area contributed by atoms with Gasteiger partial charge in [-0.25, -0.2) is 21.6 Å². The molecule has 1 aromatic heterocycles. The Kier molecular flexibility index (Phi) is 5.46. The zero-order chi connectivity index (χ0) is 20.5. The predicted molar refractivity (Wildman–Crippen MR) is 101 cm³/mol. The Labute approximate surface area is 162 Å². The molecule has 0 spiro atoms. The molecule has 152 valence electrons. The van der Waals surface area contributed by atoms with Crippen molar-refractivity contribution in [3.63, 3.8) is 0 Å². The molecule has 0 bridgehead atoms. The fourth-order valence-corrected chi connectivity index (χ4v) is 5.05. The van der Waals surface area contributed by atoms with E-state index < -0.39 is 32.1 Å². The predicted octanol–water partition coefficient (Wildman–Crippen LogP) is 0.695. The topological polar surface area (TPSA) is 147 Å². The fraction of sp³-hybridized carbons (Fsp3) is 0.375. The highest BCUT2D eigenvalue weighted by atomic mass is 32.2. The summed E-state index contributed by atoms with van der Waals surface area (Å²) in [7, 11) is -7.47. The molecule has 1 aromatic carbocycles. The normalized spacial score (nSPS) is 17.1. The average molecular weight is 428 g/mol. The summed E-state index contributed by atoms with van der Waals surface area (Å²) in [6.45, 7) is -0.284. The van der Waals surface area contributed by atoms with Crippen LogP contribution in [0.3, 0.4) is 0 Å². The molecule has 0 saturated heterocycles. The van der Waals surface area contributed by atoms with Gasteiger partial charge < -0.3 is 5.11 Å². The van der Waals surface area contributed by atoms with Crippen LogP contribution in [0.1, 0.15) is 30.1 Å². The molecule has 1 heterocycles. The number of nitrogens with one attached hydrogen (secondary N) is 2. The van der Waals surface area contributed by atoms with E-state index in [4.69, 9.17) is 5.11 Å². The van der Waals surface area contributed by atoms with E-state index >= 15 is 0 Å². The molecule has 0 fully saturated rings. The number of rotatable bonds is 7. The Balaban J connectivity index is 1.85. The standard InChI is InChI=1S/C16H20N4O6S2/c1-27(23,24)18-11-4-2-5-12(8-11)28(25,26)19-14-6-3-7-15-13(14)9-17-20(15)10-16(21)22/h2,4-5,8-9,14,18-19H,3,6-7,10H2,1H3,(H,21,22). The molecular formula is C16H20N4O6S2. The quantitative estimate of drug-likeness (QED) is 0.588. The number of carboxylic acids is 1. The number of hydrogen-bond acceptors (Lipinski definition) is 6. The Morgan fingerprint density at radius 3 is 2.75 bits per heavy atom. The summed E-state index contributed by atoms with van der Waals surface area (Å²) in [5.74, 6) is -1.02. The first-order valence-electron chi connectivity index (χ1n) is 8.42. The highest BCUT2D eigenvalue weighted by molar-refractivity contribution is 7.92. The summed E-state index contributed by atoms with van der Waals surface area (Å²) in [6, 6.07) is 4.96. The number of hydrogen-bond donors (Lipinski definition) is 3. The maximum Gasteiger partial charge on any atom is 0.325 e. The van der Waals surface area contributed by atoms with Crippen LogP contribution in [0, 0.1) is 0 Å². The third-order valence-corrected chi connectivity index (χ3v) is 6.37. The molecular weight excluding hydrogens is 408 g/mol. The maximum atomic E-state index is 12.8. The SMILES string of the molecule is CS(=O)(=O)Nc1cccc(S(=O)(=O)NC2CCCc3c2cnn3CC(=O)O)c1. The van der Waals surface area contributed by atoms with Crippen molar-refractivity contribution in [1.29, 1.82) is 0 Å². The Bertz CT molecular complexity index is 1110. The molecule has 0 saturated carbocycles. The van der Waals surface area contributed by atoms with Gasteiger partial charge in [-0.15, -0.1) is 0 Å². The van der Waals surface area contributed by atoms with Gasteiger partial charge in [0.25, 0.3) is 0 Å². The molecule has 0 aliphatic heterocycles. The van der Waals surface area contributed by atoms with Gasteiger partial charge in [0, 0.05) is 16.9 Å². The third-order valence-electron chi connectivity index (χ3n) is 4.29. The minimum atomic E-state index is -3.93.